The van der Waals surface area contributed by atoms with E-state index in [1.165, 1.54) is 31.0 Å². The van der Waals surface area contributed by atoms with Crippen LogP contribution in [0.3, 0.4) is 0 Å². The number of hydrogen-bond donors (Lipinski definition) is 1. The first-order valence-electron chi connectivity index (χ1n) is 15.2. The molecule has 49 heavy (non-hydrogen) atoms. The molecule has 0 saturated heterocycles. The van der Waals surface area contributed by atoms with Crippen LogP contribution >= 0.6 is 23.1 Å². The van der Waals surface area contributed by atoms with E-state index < -0.39 is 6.04 Å². The molecule has 0 radical (unpaired) electrons. The number of carbonyl (C=O) groups excluding carboxylic acids is 2. The molecule has 0 unspecified atom stereocenters. The zero-order valence-corrected chi connectivity index (χ0v) is 28.9. The Labute approximate surface area is 291 Å². The highest BCUT2D eigenvalue weighted by molar-refractivity contribution is 7.99. The van der Waals surface area contributed by atoms with Gasteiger partial charge in [-0.05, 0) is 47.8 Å². The minimum absolute atomic E-state index is 0.0347. The number of hydrogen-bond acceptors (Lipinski definition) is 11. The van der Waals surface area contributed by atoms with E-state index in [1.807, 2.05) is 70.6 Å². The predicted molar refractivity (Wildman–Crippen MR) is 187 cm³/mol. The van der Waals surface area contributed by atoms with E-state index in [1.54, 1.807) is 43.8 Å². The molecule has 0 fully saturated rings. The maximum atomic E-state index is 14.0. The number of ether oxygens (including phenoxy) is 4. The van der Waals surface area contributed by atoms with Gasteiger partial charge in [-0.25, -0.2) is 5.01 Å². The number of para-hydroxylation sites is 2. The molecule has 1 aliphatic rings. The van der Waals surface area contributed by atoms with Crippen molar-refractivity contribution in [2.45, 2.75) is 24.2 Å². The lowest BCUT2D eigenvalue weighted by Gasteiger charge is -2.24. The normalized spacial score (nSPS) is 13.9. The first kappa shape index (κ1) is 33.6. The monoisotopic (exact) mass is 698 g/mol. The summed E-state index contributed by atoms with van der Waals surface area (Å²) >= 11 is 2.82. The van der Waals surface area contributed by atoms with E-state index >= 15 is 0 Å². The summed E-state index contributed by atoms with van der Waals surface area (Å²) in [4.78, 5) is 28.1. The predicted octanol–water partition coefficient (Wildman–Crippen LogP) is 5.76. The highest BCUT2D eigenvalue weighted by Crippen LogP contribution is 2.42. The van der Waals surface area contributed by atoms with Crippen LogP contribution in [0.5, 0.6) is 23.0 Å². The van der Waals surface area contributed by atoms with E-state index in [2.05, 4.69) is 15.5 Å². The minimum atomic E-state index is -0.399. The van der Waals surface area contributed by atoms with Crippen LogP contribution in [0, 0.1) is 0 Å². The van der Waals surface area contributed by atoms with E-state index in [9.17, 15) is 9.59 Å². The fourth-order valence-electron chi connectivity index (χ4n) is 5.52. The summed E-state index contributed by atoms with van der Waals surface area (Å²) in [5, 5.41) is 20.6. The third-order valence-electron chi connectivity index (χ3n) is 7.86. The van der Waals surface area contributed by atoms with E-state index in [0.717, 1.165) is 21.8 Å². The molecular weight excluding hydrogens is 665 g/mol. The van der Waals surface area contributed by atoms with Gasteiger partial charge in [0, 0.05) is 23.2 Å². The molecule has 3 heterocycles. The average molecular weight is 699 g/mol. The van der Waals surface area contributed by atoms with Gasteiger partial charge in [-0.15, -0.1) is 21.5 Å². The largest absolute Gasteiger partial charge is 0.493 e. The van der Waals surface area contributed by atoms with Gasteiger partial charge in [0.1, 0.15) is 0 Å². The molecule has 0 spiro atoms. The molecule has 2 amide bonds. The zero-order chi connectivity index (χ0) is 34.3. The summed E-state index contributed by atoms with van der Waals surface area (Å²) in [6, 6.07) is 23.7. The summed E-state index contributed by atoms with van der Waals surface area (Å²) in [5.74, 6) is 2.11. The number of thiophene rings is 1. The lowest BCUT2D eigenvalue weighted by atomic mass is 9.99. The Kier molecular flexibility index (Phi) is 10.4. The SMILES string of the molecule is COc1ccc(C(=O)NCc2nnc(SCC(=O)N3N=C(c4cccs4)C[C@@H]3c3cccc(OC)c3OC)n2-c2ccccc2)cc1OC. The van der Waals surface area contributed by atoms with Crippen LogP contribution in [0.1, 0.15) is 39.1 Å². The number of amides is 2. The summed E-state index contributed by atoms with van der Waals surface area (Å²) in [7, 11) is 6.22. The van der Waals surface area contributed by atoms with Gasteiger partial charge in [-0.1, -0.05) is 48.2 Å². The second-order valence-electron chi connectivity index (χ2n) is 10.7. The summed E-state index contributed by atoms with van der Waals surface area (Å²) < 4.78 is 23.8. The summed E-state index contributed by atoms with van der Waals surface area (Å²) in [5.41, 5.74) is 2.81. The molecule has 0 saturated carbocycles. The van der Waals surface area contributed by atoms with Crippen molar-refractivity contribution < 1.29 is 28.5 Å². The Bertz CT molecular complexity index is 1960. The number of hydrazone groups is 1. The quantitative estimate of drug-likeness (QED) is 0.153. The molecule has 5 aromatic rings. The van der Waals surface area contributed by atoms with Crippen molar-refractivity contribution in [3.05, 3.63) is 106 Å². The van der Waals surface area contributed by atoms with Crippen molar-refractivity contribution in [3.8, 4) is 28.7 Å². The molecule has 6 rings (SSSR count). The Morgan fingerprint density at radius 1 is 0.878 bits per heavy atom. The van der Waals surface area contributed by atoms with E-state index in [4.69, 9.17) is 24.0 Å². The summed E-state index contributed by atoms with van der Waals surface area (Å²) in [6.45, 7) is 0.0852. The Morgan fingerprint density at radius 3 is 2.39 bits per heavy atom. The Balaban J connectivity index is 1.24. The van der Waals surface area contributed by atoms with Gasteiger partial charge in [-0.2, -0.15) is 5.10 Å². The molecule has 0 bridgehead atoms. The van der Waals surface area contributed by atoms with E-state index in [0.29, 0.717) is 46.0 Å². The van der Waals surface area contributed by atoms with Crippen molar-refractivity contribution in [3.63, 3.8) is 0 Å². The van der Waals surface area contributed by atoms with Crippen LogP contribution in [-0.2, 0) is 11.3 Å². The molecule has 0 aliphatic carbocycles. The molecule has 14 heteroatoms. The van der Waals surface area contributed by atoms with Gasteiger partial charge in [0.05, 0.1) is 57.4 Å². The van der Waals surface area contributed by atoms with Crippen LogP contribution in [0.4, 0.5) is 0 Å². The number of nitrogens with zero attached hydrogens (tertiary/aromatic N) is 5. The lowest BCUT2D eigenvalue weighted by molar-refractivity contribution is -0.130. The number of rotatable bonds is 13. The van der Waals surface area contributed by atoms with Gasteiger partial charge in [-0.3, -0.25) is 14.2 Å². The van der Waals surface area contributed by atoms with Gasteiger partial charge in [0.25, 0.3) is 11.8 Å². The molecule has 12 nitrogen and oxygen atoms in total. The molecule has 1 aliphatic heterocycles. The Morgan fingerprint density at radius 2 is 1.67 bits per heavy atom. The maximum Gasteiger partial charge on any atom is 0.253 e. The number of carbonyl (C=O) groups is 2. The Hall–Kier alpha value is -5.34. The van der Waals surface area contributed by atoms with Crippen molar-refractivity contribution in [1.82, 2.24) is 25.1 Å². The topological polar surface area (TPSA) is 129 Å². The number of methoxy groups -OCH3 is 4. The maximum absolute atomic E-state index is 14.0. The first-order valence-corrected chi connectivity index (χ1v) is 17.1. The van der Waals surface area contributed by atoms with Crippen molar-refractivity contribution in [2.24, 2.45) is 5.10 Å². The third kappa shape index (κ3) is 7.10. The molecule has 3 aromatic carbocycles. The van der Waals surface area contributed by atoms with Crippen molar-refractivity contribution in [2.75, 3.05) is 34.2 Å². The smallest absolute Gasteiger partial charge is 0.253 e. The average Bonchev–Trinajstić information content (AvgIpc) is 3.93. The third-order valence-corrected chi connectivity index (χ3v) is 9.69. The highest BCUT2D eigenvalue weighted by Gasteiger charge is 2.36. The zero-order valence-electron chi connectivity index (χ0n) is 27.3. The van der Waals surface area contributed by atoms with Gasteiger partial charge in [0.2, 0.25) is 0 Å². The van der Waals surface area contributed by atoms with Gasteiger partial charge < -0.3 is 24.3 Å². The van der Waals surface area contributed by atoms with E-state index in [-0.39, 0.29) is 24.1 Å². The molecule has 1 N–H and O–H groups in total. The number of aromatic nitrogens is 3. The van der Waals surface area contributed by atoms with Crippen LogP contribution in [0.2, 0.25) is 0 Å². The van der Waals surface area contributed by atoms with Crippen molar-refractivity contribution in [1.29, 1.82) is 0 Å². The van der Waals surface area contributed by atoms with Crippen molar-refractivity contribution >= 4 is 40.6 Å². The molecule has 1 atom stereocenters. The minimum Gasteiger partial charge on any atom is -0.493 e. The number of benzene rings is 3. The van der Waals surface area contributed by atoms with Crippen LogP contribution < -0.4 is 24.3 Å². The van der Waals surface area contributed by atoms with Crippen LogP contribution in [-0.4, -0.2) is 71.5 Å². The van der Waals surface area contributed by atoms with Crippen LogP contribution in [0.15, 0.2) is 94.5 Å². The fourth-order valence-corrected chi connectivity index (χ4v) is 7.07. The number of thioether (sulfide) groups is 1. The highest BCUT2D eigenvalue weighted by atomic mass is 32.2. The first-order chi connectivity index (χ1) is 23.9. The standard InChI is InChI=1S/C35H34N6O6S2/c1-44-27-16-15-22(18-29(27)46-3)34(43)36-20-31-37-38-35(40(31)23-10-6-5-7-11-23)49-21-32(42)41-26(19-25(39-41)30-14-9-17-48-30)24-12-8-13-28(45-2)33(24)47-4/h5-18,26H,19-21H2,1-4H3,(H,36,43)/t26-/m1/s1. The lowest BCUT2D eigenvalue weighted by Crippen LogP contribution is -2.29. The second-order valence-corrected chi connectivity index (χ2v) is 12.6. The number of nitrogens with one attached hydrogen (secondary N) is 1. The molecule has 252 valence electrons. The van der Waals surface area contributed by atoms with Crippen LogP contribution in [0.25, 0.3) is 5.69 Å². The van der Waals surface area contributed by atoms with Gasteiger partial charge in [0.15, 0.2) is 34.0 Å². The summed E-state index contributed by atoms with van der Waals surface area (Å²) in [6.07, 6.45) is 0.518. The van der Waals surface area contributed by atoms with Gasteiger partial charge >= 0.3 is 0 Å². The second kappa shape index (κ2) is 15.3. The molecular formula is C35H34N6O6S2. The molecule has 2 aromatic heterocycles. The fraction of sp³-hybridized carbons (Fsp3) is 0.229.